The fourth-order valence-corrected chi connectivity index (χ4v) is 4.35. The molecule has 3 heterocycles. The van der Waals surface area contributed by atoms with Gasteiger partial charge in [0.25, 0.3) is 0 Å². The minimum atomic E-state index is -0.773. The molecule has 1 atom stereocenters. The third-order valence-electron chi connectivity index (χ3n) is 4.20. The van der Waals surface area contributed by atoms with E-state index >= 15 is 0 Å². The second kappa shape index (κ2) is 3.82. The van der Waals surface area contributed by atoms with Crippen LogP contribution in [0.5, 0.6) is 17.2 Å². The van der Waals surface area contributed by atoms with E-state index in [0.717, 1.165) is 16.8 Å². The average Bonchev–Trinajstić information content (AvgIpc) is 3.16. The Hall–Kier alpha value is -1.96. The number of para-hydroxylation sites is 1. The van der Waals surface area contributed by atoms with Gasteiger partial charge in [0.05, 0.1) is 0 Å². The Morgan fingerprint density at radius 2 is 1.86 bits per heavy atom. The van der Waals surface area contributed by atoms with Crippen molar-refractivity contribution >= 4 is 11.6 Å². The normalized spacial score (nSPS) is 24.1. The van der Waals surface area contributed by atoms with Crippen molar-refractivity contribution in [2.75, 3.05) is 11.9 Å². The van der Waals surface area contributed by atoms with Crippen molar-refractivity contribution in [1.82, 2.24) is 0 Å². The number of benzene rings is 2. The Bertz CT molecular complexity index is 806. The molecule has 0 saturated heterocycles. The summed E-state index contributed by atoms with van der Waals surface area (Å²) in [5, 5.41) is 2.95. The summed E-state index contributed by atoms with van der Waals surface area (Å²) in [5.74, 6) is 2.08. The summed E-state index contributed by atoms with van der Waals surface area (Å²) in [5.41, 5.74) is 1.90. The molecule has 21 heavy (non-hydrogen) atoms. The Balaban J connectivity index is 1.79. The van der Waals surface area contributed by atoms with Gasteiger partial charge in [0.1, 0.15) is 0 Å². The van der Waals surface area contributed by atoms with Crippen molar-refractivity contribution in [1.29, 1.82) is 0 Å². The molecule has 3 aliphatic rings. The van der Waals surface area contributed by atoms with Crippen LogP contribution in [0.25, 0.3) is 0 Å². The van der Waals surface area contributed by atoms with Gasteiger partial charge in [-0.1, -0.05) is 0 Å². The van der Waals surface area contributed by atoms with E-state index in [-0.39, 0.29) is 5.91 Å². The van der Waals surface area contributed by atoms with Gasteiger partial charge in [0, 0.05) is 0 Å². The second-order valence-corrected chi connectivity index (χ2v) is 6.45. The monoisotopic (exact) mass is 394 g/mol. The molecule has 1 amide bonds. The molecule has 0 bridgehead atoms. The minimum absolute atomic E-state index is 0.0454. The zero-order valence-corrected chi connectivity index (χ0v) is 12.8. The fourth-order valence-electron chi connectivity index (χ4n) is 3.19. The first-order valence-corrected chi connectivity index (χ1v) is 8.26. The van der Waals surface area contributed by atoms with Crippen LogP contribution in [-0.4, -0.2) is 12.5 Å². The SMILES string of the molecule is O=C1Nc2ccccc2C12COc1cc3c(cc12)O[I-]O3. The van der Waals surface area contributed by atoms with Crippen LogP contribution in [-0.2, 0) is 10.2 Å². The molecule has 0 saturated carbocycles. The van der Waals surface area contributed by atoms with E-state index < -0.39 is 27.4 Å². The predicted molar refractivity (Wildman–Crippen MR) is 69.0 cm³/mol. The zero-order chi connectivity index (χ0) is 14.0. The van der Waals surface area contributed by atoms with Crippen LogP contribution in [0.3, 0.4) is 0 Å². The van der Waals surface area contributed by atoms with Crippen LogP contribution in [0.4, 0.5) is 5.69 Å². The van der Waals surface area contributed by atoms with Gasteiger partial charge in [0.15, 0.2) is 0 Å². The van der Waals surface area contributed by atoms with Crippen LogP contribution in [0.1, 0.15) is 11.1 Å². The molecule has 1 spiro atoms. The van der Waals surface area contributed by atoms with Gasteiger partial charge in [-0.05, 0) is 0 Å². The van der Waals surface area contributed by atoms with Crippen LogP contribution in [0, 0.1) is 0 Å². The van der Waals surface area contributed by atoms with Crippen molar-refractivity contribution in [2.45, 2.75) is 5.41 Å². The van der Waals surface area contributed by atoms with Crippen LogP contribution in [0.15, 0.2) is 36.4 Å². The molecule has 2 aromatic carbocycles. The summed E-state index contributed by atoms with van der Waals surface area (Å²) in [6.45, 7) is 0.309. The van der Waals surface area contributed by atoms with Crippen LogP contribution in [0.2, 0.25) is 0 Å². The van der Waals surface area contributed by atoms with Gasteiger partial charge >= 0.3 is 131 Å². The number of carbonyl (C=O) groups is 1. The number of anilines is 1. The number of hydrogen-bond donors (Lipinski definition) is 1. The van der Waals surface area contributed by atoms with Gasteiger partial charge in [-0.15, -0.1) is 0 Å². The van der Waals surface area contributed by atoms with E-state index in [0.29, 0.717) is 23.9 Å². The molecule has 0 aromatic heterocycles. The molecule has 6 heteroatoms. The van der Waals surface area contributed by atoms with Crippen molar-refractivity contribution in [3.63, 3.8) is 0 Å². The maximum atomic E-state index is 12.7. The molecule has 5 rings (SSSR count). The number of rotatable bonds is 0. The first kappa shape index (κ1) is 11.7. The summed E-state index contributed by atoms with van der Waals surface area (Å²) in [6.07, 6.45) is 0. The molecule has 0 fully saturated rings. The molecule has 0 aliphatic carbocycles. The Morgan fingerprint density at radius 3 is 2.76 bits per heavy atom. The standard InChI is InChI=1S/C15H9INO4/c18-14-15(8-3-1-2-4-10(8)17-14)7-19-11-6-13-12(5-9(11)15)20-16-21-13/h1-6H,7H2,(H,17,18)/q-1. The third-order valence-corrected chi connectivity index (χ3v) is 5.51. The molecular weight excluding hydrogens is 385 g/mol. The fraction of sp³-hybridized carbons (Fsp3) is 0.133. The number of amides is 1. The molecule has 0 radical (unpaired) electrons. The second-order valence-electron chi connectivity index (χ2n) is 5.21. The summed E-state index contributed by atoms with van der Waals surface area (Å²) >= 11 is -0.740. The van der Waals surface area contributed by atoms with Gasteiger partial charge in [-0.3, -0.25) is 0 Å². The average molecular weight is 394 g/mol. The van der Waals surface area contributed by atoms with Crippen LogP contribution < -0.4 is 38.2 Å². The zero-order valence-electron chi connectivity index (χ0n) is 10.7. The number of nitrogens with one attached hydrogen (secondary N) is 1. The van der Waals surface area contributed by atoms with E-state index in [9.17, 15) is 4.79 Å². The van der Waals surface area contributed by atoms with Gasteiger partial charge in [-0.25, -0.2) is 0 Å². The molecular formula is C15H9INO4-. The van der Waals surface area contributed by atoms with Crippen molar-refractivity contribution < 1.29 is 37.7 Å². The van der Waals surface area contributed by atoms with Crippen molar-refractivity contribution in [3.8, 4) is 17.2 Å². The predicted octanol–water partition coefficient (Wildman–Crippen LogP) is -0.993. The number of fused-ring (bicyclic) bond motifs is 5. The van der Waals surface area contributed by atoms with E-state index in [4.69, 9.17) is 10.9 Å². The quantitative estimate of drug-likeness (QED) is 0.584. The summed E-state index contributed by atoms with van der Waals surface area (Å²) < 4.78 is 16.8. The number of ether oxygens (including phenoxy) is 1. The molecule has 106 valence electrons. The summed E-state index contributed by atoms with van der Waals surface area (Å²) in [6, 6.07) is 11.5. The molecule has 2 aromatic rings. The Morgan fingerprint density at radius 1 is 1.05 bits per heavy atom. The molecule has 1 N–H and O–H groups in total. The van der Waals surface area contributed by atoms with E-state index in [1.807, 2.05) is 36.4 Å². The number of carbonyl (C=O) groups excluding carboxylic acids is 1. The number of hydrogen-bond acceptors (Lipinski definition) is 4. The Kier molecular flexibility index (Phi) is 2.12. The van der Waals surface area contributed by atoms with Gasteiger partial charge < -0.3 is 0 Å². The van der Waals surface area contributed by atoms with Crippen LogP contribution >= 0.6 is 0 Å². The summed E-state index contributed by atoms with van der Waals surface area (Å²) in [7, 11) is 0. The topological polar surface area (TPSA) is 56.8 Å². The molecule has 5 nitrogen and oxygen atoms in total. The Labute approximate surface area is 131 Å². The number of halogens is 1. The van der Waals surface area contributed by atoms with E-state index in [1.165, 1.54) is 0 Å². The van der Waals surface area contributed by atoms with Gasteiger partial charge in [-0.2, -0.15) is 0 Å². The molecule has 3 aliphatic heterocycles. The van der Waals surface area contributed by atoms with E-state index in [1.54, 1.807) is 0 Å². The third kappa shape index (κ3) is 1.33. The van der Waals surface area contributed by atoms with Crippen molar-refractivity contribution in [3.05, 3.63) is 47.5 Å². The van der Waals surface area contributed by atoms with Crippen molar-refractivity contribution in [2.24, 2.45) is 0 Å². The van der Waals surface area contributed by atoms with E-state index in [2.05, 4.69) is 5.32 Å². The molecule has 1 unspecified atom stereocenters. The maximum absolute atomic E-state index is 12.7. The van der Waals surface area contributed by atoms with Gasteiger partial charge in [0.2, 0.25) is 0 Å². The first-order valence-electron chi connectivity index (χ1n) is 6.50. The first-order chi connectivity index (χ1) is 10.3. The summed E-state index contributed by atoms with van der Waals surface area (Å²) in [4.78, 5) is 12.7.